The molecule has 0 bridgehead atoms. The van der Waals surface area contributed by atoms with Gasteiger partial charge in [-0.25, -0.2) is 8.78 Å². The van der Waals surface area contributed by atoms with E-state index in [9.17, 15) is 8.78 Å². The highest BCUT2D eigenvalue weighted by atomic mass is 35.5. The van der Waals surface area contributed by atoms with E-state index in [-0.39, 0.29) is 16.1 Å². The molecule has 0 fully saturated rings. The molecule has 0 heterocycles. The Balaban J connectivity index is 2.28. The van der Waals surface area contributed by atoms with Crippen molar-refractivity contribution in [3.8, 4) is 0 Å². The van der Waals surface area contributed by atoms with E-state index in [0.717, 1.165) is 5.56 Å². The van der Waals surface area contributed by atoms with E-state index in [2.05, 4.69) is 5.32 Å². The van der Waals surface area contributed by atoms with Crippen LogP contribution in [0.15, 0.2) is 36.4 Å². The Morgan fingerprint density at radius 1 is 1.10 bits per heavy atom. The smallest absolute Gasteiger partial charge is 0.142 e. The highest BCUT2D eigenvalue weighted by Gasteiger charge is 2.16. The summed E-state index contributed by atoms with van der Waals surface area (Å²) < 4.78 is 26.6. The third-order valence-corrected chi connectivity index (χ3v) is 3.82. The Morgan fingerprint density at radius 2 is 1.85 bits per heavy atom. The summed E-state index contributed by atoms with van der Waals surface area (Å²) in [5.41, 5.74) is 1.51. The normalized spacial score (nSPS) is 12.4. The summed E-state index contributed by atoms with van der Waals surface area (Å²) in [6.45, 7) is 0. The van der Waals surface area contributed by atoms with Gasteiger partial charge in [0, 0.05) is 6.04 Å². The second kappa shape index (κ2) is 6.53. The van der Waals surface area contributed by atoms with Crippen molar-refractivity contribution in [3.63, 3.8) is 0 Å². The Hall–Kier alpha value is -1.16. The van der Waals surface area contributed by atoms with Crippen molar-refractivity contribution < 1.29 is 8.78 Å². The maximum Gasteiger partial charge on any atom is 0.142 e. The molecule has 20 heavy (non-hydrogen) atoms. The summed E-state index contributed by atoms with van der Waals surface area (Å²) in [4.78, 5) is 0. The van der Waals surface area contributed by atoms with Crippen LogP contribution in [0.2, 0.25) is 10.0 Å². The van der Waals surface area contributed by atoms with Crippen LogP contribution in [0.3, 0.4) is 0 Å². The van der Waals surface area contributed by atoms with Crippen molar-refractivity contribution in [1.82, 2.24) is 5.32 Å². The Morgan fingerprint density at radius 3 is 2.50 bits per heavy atom. The summed E-state index contributed by atoms with van der Waals surface area (Å²) in [7, 11) is 1.76. The minimum atomic E-state index is -0.458. The number of benzene rings is 2. The molecular formula is C15H13Cl2F2N. The van der Waals surface area contributed by atoms with E-state index < -0.39 is 11.6 Å². The number of hydrogen-bond donors (Lipinski definition) is 1. The van der Waals surface area contributed by atoms with E-state index in [4.69, 9.17) is 23.2 Å². The van der Waals surface area contributed by atoms with E-state index in [1.54, 1.807) is 31.3 Å². The van der Waals surface area contributed by atoms with Crippen LogP contribution in [0.4, 0.5) is 8.78 Å². The first-order chi connectivity index (χ1) is 9.52. The average molecular weight is 316 g/mol. The standard InChI is InChI=1S/C15H13Cl2F2N/c1-20-14(10-3-2-4-13(19)15(10)17)8-9-5-6-12(18)11(16)7-9/h2-7,14,20H,8H2,1H3. The fourth-order valence-corrected chi connectivity index (χ4v) is 2.52. The maximum absolute atomic E-state index is 13.5. The first-order valence-corrected chi connectivity index (χ1v) is 6.83. The van der Waals surface area contributed by atoms with Gasteiger partial charge >= 0.3 is 0 Å². The lowest BCUT2D eigenvalue weighted by molar-refractivity contribution is 0.576. The molecule has 0 amide bonds. The molecule has 0 spiro atoms. The number of halogens is 4. The maximum atomic E-state index is 13.5. The van der Waals surface area contributed by atoms with Gasteiger partial charge in [0.1, 0.15) is 11.6 Å². The Bertz CT molecular complexity index is 617. The van der Waals surface area contributed by atoms with Crippen LogP contribution in [0.25, 0.3) is 0 Å². The van der Waals surface area contributed by atoms with Crippen molar-refractivity contribution in [1.29, 1.82) is 0 Å². The predicted molar refractivity (Wildman–Crippen MR) is 78.3 cm³/mol. The summed E-state index contributed by atoms with van der Waals surface area (Å²) in [6.07, 6.45) is 0.527. The molecule has 0 saturated heterocycles. The van der Waals surface area contributed by atoms with Gasteiger partial charge in [0.05, 0.1) is 10.0 Å². The molecule has 1 atom stereocenters. The van der Waals surface area contributed by atoms with Gasteiger partial charge in [-0.05, 0) is 42.8 Å². The molecule has 0 aliphatic heterocycles. The van der Waals surface area contributed by atoms with Crippen molar-refractivity contribution in [2.45, 2.75) is 12.5 Å². The molecule has 0 radical (unpaired) electrons. The molecule has 0 aromatic heterocycles. The van der Waals surface area contributed by atoms with Crippen molar-refractivity contribution in [3.05, 3.63) is 69.2 Å². The molecule has 1 nitrogen and oxygen atoms in total. The minimum absolute atomic E-state index is 0.0719. The Kier molecular flexibility index (Phi) is 4.97. The zero-order valence-corrected chi connectivity index (χ0v) is 12.3. The minimum Gasteiger partial charge on any atom is -0.313 e. The van der Waals surface area contributed by atoms with Crippen LogP contribution in [-0.4, -0.2) is 7.05 Å². The summed E-state index contributed by atoms with van der Waals surface area (Å²) in [5, 5.41) is 3.25. The van der Waals surface area contributed by atoms with Gasteiger partial charge in [-0.2, -0.15) is 0 Å². The molecular weight excluding hydrogens is 303 g/mol. The predicted octanol–water partition coefficient (Wildman–Crippen LogP) is 4.77. The van der Waals surface area contributed by atoms with Crippen LogP contribution in [0.1, 0.15) is 17.2 Å². The second-order valence-corrected chi connectivity index (χ2v) is 5.22. The molecule has 2 rings (SSSR count). The van der Waals surface area contributed by atoms with Crippen LogP contribution in [0, 0.1) is 11.6 Å². The summed E-state index contributed by atoms with van der Waals surface area (Å²) in [5.74, 6) is -0.915. The fourth-order valence-electron chi connectivity index (χ4n) is 2.06. The molecule has 0 aliphatic rings. The van der Waals surface area contributed by atoms with Crippen LogP contribution in [0.5, 0.6) is 0 Å². The van der Waals surface area contributed by atoms with Crippen molar-refractivity contribution >= 4 is 23.2 Å². The topological polar surface area (TPSA) is 12.0 Å². The zero-order valence-electron chi connectivity index (χ0n) is 10.8. The first kappa shape index (κ1) is 15.2. The quantitative estimate of drug-likeness (QED) is 0.856. The molecule has 0 aliphatic carbocycles. The van der Waals surface area contributed by atoms with E-state index >= 15 is 0 Å². The van der Waals surface area contributed by atoms with Crippen LogP contribution >= 0.6 is 23.2 Å². The highest BCUT2D eigenvalue weighted by molar-refractivity contribution is 6.31. The zero-order chi connectivity index (χ0) is 14.7. The van der Waals surface area contributed by atoms with Crippen LogP contribution in [-0.2, 0) is 6.42 Å². The lowest BCUT2D eigenvalue weighted by Gasteiger charge is -2.18. The van der Waals surface area contributed by atoms with E-state index in [0.29, 0.717) is 12.0 Å². The number of likely N-dealkylation sites (N-methyl/N-ethyl adjacent to an activating group) is 1. The third kappa shape index (κ3) is 3.29. The fraction of sp³-hybridized carbons (Fsp3) is 0.200. The van der Waals surface area contributed by atoms with Gasteiger partial charge < -0.3 is 5.32 Å². The molecule has 1 unspecified atom stereocenters. The van der Waals surface area contributed by atoms with E-state index in [1.165, 1.54) is 12.1 Å². The SMILES string of the molecule is CNC(Cc1ccc(F)c(Cl)c1)c1cccc(F)c1Cl. The van der Waals surface area contributed by atoms with Gasteiger partial charge in [0.2, 0.25) is 0 Å². The van der Waals surface area contributed by atoms with E-state index in [1.807, 2.05) is 0 Å². The molecule has 1 N–H and O–H groups in total. The summed E-state index contributed by atoms with van der Waals surface area (Å²) in [6, 6.07) is 9.04. The van der Waals surface area contributed by atoms with Crippen molar-refractivity contribution in [2.24, 2.45) is 0 Å². The largest absolute Gasteiger partial charge is 0.313 e. The lowest BCUT2D eigenvalue weighted by atomic mass is 9.99. The van der Waals surface area contributed by atoms with Gasteiger partial charge in [-0.1, -0.05) is 41.4 Å². The number of rotatable bonds is 4. The van der Waals surface area contributed by atoms with Crippen molar-refractivity contribution in [2.75, 3.05) is 7.05 Å². The number of hydrogen-bond acceptors (Lipinski definition) is 1. The molecule has 2 aromatic rings. The number of nitrogens with one attached hydrogen (secondary N) is 1. The second-order valence-electron chi connectivity index (χ2n) is 4.44. The molecule has 2 aromatic carbocycles. The first-order valence-electron chi connectivity index (χ1n) is 6.08. The monoisotopic (exact) mass is 315 g/mol. The van der Waals surface area contributed by atoms with Gasteiger partial charge in [0.25, 0.3) is 0 Å². The molecule has 5 heteroatoms. The summed E-state index contributed by atoms with van der Waals surface area (Å²) >= 11 is 11.7. The van der Waals surface area contributed by atoms with Crippen LogP contribution < -0.4 is 5.32 Å². The average Bonchev–Trinajstić information content (AvgIpc) is 2.43. The highest BCUT2D eigenvalue weighted by Crippen LogP contribution is 2.28. The molecule has 106 valence electrons. The van der Waals surface area contributed by atoms with Gasteiger partial charge in [-0.3, -0.25) is 0 Å². The van der Waals surface area contributed by atoms with Gasteiger partial charge in [-0.15, -0.1) is 0 Å². The third-order valence-electron chi connectivity index (χ3n) is 3.13. The Labute approximate surface area is 126 Å². The van der Waals surface area contributed by atoms with Gasteiger partial charge in [0.15, 0.2) is 0 Å². The molecule has 0 saturated carbocycles. The lowest BCUT2D eigenvalue weighted by Crippen LogP contribution is -2.19.